The van der Waals surface area contributed by atoms with Crippen LogP contribution < -0.4 is 0 Å². The highest BCUT2D eigenvalue weighted by atomic mass is 14.8. The fraction of sp³-hybridized carbons (Fsp3) is 0.182. The first-order valence-corrected chi connectivity index (χ1v) is 8.46. The van der Waals surface area contributed by atoms with E-state index >= 15 is 0 Å². The Hall–Kier alpha value is -2.94. The monoisotopic (exact) mass is 329 g/mol. The van der Waals surface area contributed by atoms with E-state index in [2.05, 4.69) is 43.1 Å². The highest BCUT2D eigenvalue weighted by molar-refractivity contribution is 6.03. The zero-order valence-corrected chi connectivity index (χ0v) is 15.2. The van der Waals surface area contributed by atoms with E-state index in [9.17, 15) is 0 Å². The summed E-state index contributed by atoms with van der Waals surface area (Å²) in [6.07, 6.45) is 0. The Labute approximate surface area is 149 Å². The van der Waals surface area contributed by atoms with Gasteiger partial charge in [0.15, 0.2) is 0 Å². The second-order valence-electron chi connectivity index (χ2n) is 6.25. The molecule has 0 unspecified atom stereocenters. The van der Waals surface area contributed by atoms with Gasteiger partial charge in [-0.3, -0.25) is 9.98 Å². The van der Waals surface area contributed by atoms with Crippen LogP contribution in [0.5, 0.6) is 0 Å². The molecule has 0 aliphatic heterocycles. The van der Waals surface area contributed by atoms with Crippen molar-refractivity contribution in [2.75, 3.05) is 0 Å². The van der Waals surface area contributed by atoms with Gasteiger partial charge in [0, 0.05) is 0 Å². The molecular formula is C22H23N3. The van der Waals surface area contributed by atoms with Gasteiger partial charge < -0.3 is 4.98 Å². The first-order valence-electron chi connectivity index (χ1n) is 8.46. The molecule has 1 aromatic heterocycles. The summed E-state index contributed by atoms with van der Waals surface area (Å²) in [6.45, 7) is 8.20. The molecule has 3 aromatic rings. The van der Waals surface area contributed by atoms with Crippen LogP contribution in [0, 0.1) is 13.8 Å². The number of nitrogens with zero attached hydrogens (tertiary/aromatic N) is 2. The van der Waals surface area contributed by atoms with Gasteiger partial charge in [0.1, 0.15) is 0 Å². The lowest BCUT2D eigenvalue weighted by molar-refractivity contribution is 1.29. The van der Waals surface area contributed by atoms with Crippen molar-refractivity contribution < 1.29 is 0 Å². The maximum atomic E-state index is 4.75. The number of para-hydroxylation sites is 2. The summed E-state index contributed by atoms with van der Waals surface area (Å²) in [4.78, 5) is 12.9. The van der Waals surface area contributed by atoms with E-state index in [0.29, 0.717) is 0 Å². The third-order valence-corrected chi connectivity index (χ3v) is 4.27. The van der Waals surface area contributed by atoms with Crippen LogP contribution in [0.2, 0.25) is 0 Å². The zero-order valence-electron chi connectivity index (χ0n) is 15.2. The van der Waals surface area contributed by atoms with Crippen LogP contribution in [0.1, 0.15) is 36.4 Å². The van der Waals surface area contributed by atoms with Crippen LogP contribution in [0.3, 0.4) is 0 Å². The molecule has 3 heteroatoms. The Balaban J connectivity index is 1.87. The SMILES string of the molecule is CC(=Nc1ccccc1C)c1ccc(C(C)=Nc2ccccc2C)[nH]1. The van der Waals surface area contributed by atoms with E-state index in [1.165, 1.54) is 11.1 Å². The number of hydrogen-bond donors (Lipinski definition) is 1. The summed E-state index contributed by atoms with van der Waals surface area (Å²) in [7, 11) is 0. The average molecular weight is 329 g/mol. The minimum Gasteiger partial charge on any atom is -0.353 e. The lowest BCUT2D eigenvalue weighted by Crippen LogP contribution is -1.99. The zero-order chi connectivity index (χ0) is 17.8. The third kappa shape index (κ3) is 3.94. The molecule has 0 atom stereocenters. The normalized spacial score (nSPS) is 12.5. The van der Waals surface area contributed by atoms with E-state index < -0.39 is 0 Å². The van der Waals surface area contributed by atoms with Crippen LogP contribution in [0.25, 0.3) is 0 Å². The van der Waals surface area contributed by atoms with Crippen LogP contribution in [0.4, 0.5) is 11.4 Å². The molecule has 0 saturated heterocycles. The molecule has 0 aliphatic rings. The number of H-pyrrole nitrogens is 1. The van der Waals surface area contributed by atoms with Gasteiger partial charge in [-0.15, -0.1) is 0 Å². The number of hydrogen-bond acceptors (Lipinski definition) is 2. The maximum absolute atomic E-state index is 4.75. The fourth-order valence-electron chi connectivity index (χ4n) is 2.68. The fourth-order valence-corrected chi connectivity index (χ4v) is 2.68. The van der Waals surface area contributed by atoms with Crippen LogP contribution in [-0.4, -0.2) is 16.4 Å². The summed E-state index contributed by atoms with van der Waals surface area (Å²) >= 11 is 0. The van der Waals surface area contributed by atoms with E-state index in [4.69, 9.17) is 9.98 Å². The molecule has 3 nitrogen and oxygen atoms in total. The molecule has 1 heterocycles. The standard InChI is InChI=1S/C22H23N3/c1-15-9-5-7-11-19(15)23-17(3)21-13-14-22(25-21)18(4)24-20-12-8-6-10-16(20)2/h5-14,25H,1-4H3. The smallest absolute Gasteiger partial charge is 0.0662 e. The molecule has 2 aromatic carbocycles. The topological polar surface area (TPSA) is 40.5 Å². The quantitative estimate of drug-likeness (QED) is 0.578. The van der Waals surface area contributed by atoms with Gasteiger partial charge in [-0.1, -0.05) is 36.4 Å². The summed E-state index contributed by atoms with van der Waals surface area (Å²) in [5, 5.41) is 0. The highest BCUT2D eigenvalue weighted by Crippen LogP contribution is 2.20. The van der Waals surface area contributed by atoms with Gasteiger partial charge in [0.2, 0.25) is 0 Å². The van der Waals surface area contributed by atoms with Crippen LogP contribution in [-0.2, 0) is 0 Å². The average Bonchev–Trinajstić information content (AvgIpc) is 3.09. The van der Waals surface area contributed by atoms with Gasteiger partial charge in [-0.25, -0.2) is 0 Å². The number of rotatable bonds is 4. The predicted octanol–water partition coefficient (Wildman–Crippen LogP) is 5.91. The number of aryl methyl sites for hydroxylation is 2. The lowest BCUT2D eigenvalue weighted by atomic mass is 10.2. The highest BCUT2D eigenvalue weighted by Gasteiger charge is 2.06. The van der Waals surface area contributed by atoms with Crippen molar-refractivity contribution >= 4 is 22.8 Å². The Morgan fingerprint density at radius 1 is 0.640 bits per heavy atom. The molecule has 0 bridgehead atoms. The lowest BCUT2D eigenvalue weighted by Gasteiger charge is -2.03. The third-order valence-electron chi connectivity index (χ3n) is 4.27. The number of aromatic amines is 1. The second kappa shape index (κ2) is 7.31. The minimum atomic E-state index is 0.962. The molecule has 0 aliphatic carbocycles. The van der Waals surface area contributed by atoms with Crippen molar-refractivity contribution in [2.24, 2.45) is 9.98 Å². The number of benzene rings is 2. The molecule has 126 valence electrons. The Kier molecular flexibility index (Phi) is 4.94. The molecule has 0 spiro atoms. The molecule has 25 heavy (non-hydrogen) atoms. The molecule has 1 N–H and O–H groups in total. The number of nitrogens with one attached hydrogen (secondary N) is 1. The summed E-state index contributed by atoms with van der Waals surface area (Å²) in [5.74, 6) is 0. The molecule has 3 rings (SSSR count). The molecule has 0 fully saturated rings. The van der Waals surface area contributed by atoms with Gasteiger partial charge >= 0.3 is 0 Å². The van der Waals surface area contributed by atoms with Crippen LogP contribution in [0.15, 0.2) is 70.6 Å². The molecule has 0 amide bonds. The van der Waals surface area contributed by atoms with Gasteiger partial charge in [-0.05, 0) is 63.1 Å². The minimum absolute atomic E-state index is 0.962. The summed E-state index contributed by atoms with van der Waals surface area (Å²) < 4.78 is 0. The van der Waals surface area contributed by atoms with Crippen molar-refractivity contribution in [3.8, 4) is 0 Å². The Bertz CT molecular complexity index is 869. The van der Waals surface area contributed by atoms with Crippen molar-refractivity contribution in [3.05, 3.63) is 83.2 Å². The first kappa shape index (κ1) is 16.9. The van der Waals surface area contributed by atoms with Gasteiger partial charge in [-0.2, -0.15) is 0 Å². The largest absolute Gasteiger partial charge is 0.353 e. The van der Waals surface area contributed by atoms with Gasteiger partial charge in [0.25, 0.3) is 0 Å². The van der Waals surface area contributed by atoms with Crippen LogP contribution >= 0.6 is 0 Å². The number of aromatic nitrogens is 1. The molecule has 0 saturated carbocycles. The van der Waals surface area contributed by atoms with Crippen molar-refractivity contribution in [2.45, 2.75) is 27.7 Å². The first-order chi connectivity index (χ1) is 12.0. The number of aliphatic imine (C=N–C) groups is 2. The molecule has 0 radical (unpaired) electrons. The molecular weight excluding hydrogens is 306 g/mol. The van der Waals surface area contributed by atoms with Gasteiger partial charge in [0.05, 0.1) is 34.2 Å². The summed E-state index contributed by atoms with van der Waals surface area (Å²) in [5.41, 5.74) is 8.29. The van der Waals surface area contributed by atoms with E-state index in [-0.39, 0.29) is 0 Å². The van der Waals surface area contributed by atoms with E-state index in [0.717, 1.165) is 34.2 Å². The second-order valence-corrected chi connectivity index (χ2v) is 6.25. The van der Waals surface area contributed by atoms with Crippen molar-refractivity contribution in [3.63, 3.8) is 0 Å². The predicted molar refractivity (Wildman–Crippen MR) is 107 cm³/mol. The summed E-state index contributed by atoms with van der Waals surface area (Å²) in [6, 6.07) is 20.4. The Morgan fingerprint density at radius 3 is 1.44 bits per heavy atom. The Morgan fingerprint density at radius 2 is 1.04 bits per heavy atom. The maximum Gasteiger partial charge on any atom is 0.0662 e. The van der Waals surface area contributed by atoms with E-state index in [1.54, 1.807) is 0 Å². The van der Waals surface area contributed by atoms with E-state index in [1.807, 2.05) is 50.2 Å². The van der Waals surface area contributed by atoms with Crippen molar-refractivity contribution in [1.29, 1.82) is 0 Å². The van der Waals surface area contributed by atoms with Crippen molar-refractivity contribution in [1.82, 2.24) is 4.98 Å².